The highest BCUT2D eigenvalue weighted by molar-refractivity contribution is 6.31. The van der Waals surface area contributed by atoms with Crippen molar-refractivity contribution >= 4 is 34.3 Å². The van der Waals surface area contributed by atoms with E-state index in [0.29, 0.717) is 18.1 Å². The number of halogens is 1. The molecule has 1 saturated heterocycles. The Kier molecular flexibility index (Phi) is 5.41. The quantitative estimate of drug-likeness (QED) is 0.630. The molecule has 6 nitrogen and oxygen atoms in total. The van der Waals surface area contributed by atoms with Gasteiger partial charge in [0.15, 0.2) is 0 Å². The monoisotopic (exact) mass is 396 g/mol. The molecule has 0 unspecified atom stereocenters. The zero-order chi connectivity index (χ0) is 19.5. The van der Waals surface area contributed by atoms with Gasteiger partial charge in [0, 0.05) is 36.6 Å². The van der Waals surface area contributed by atoms with E-state index in [9.17, 15) is 4.79 Å². The lowest BCUT2D eigenvalue weighted by Gasteiger charge is -2.39. The second kappa shape index (κ2) is 8.12. The zero-order valence-corrected chi connectivity index (χ0v) is 16.3. The highest BCUT2D eigenvalue weighted by Crippen LogP contribution is 2.31. The smallest absolute Gasteiger partial charge is 0.327 e. The summed E-state index contributed by atoms with van der Waals surface area (Å²) in [7, 11) is 1.41. The maximum atomic E-state index is 12.5. The van der Waals surface area contributed by atoms with Crippen LogP contribution in [-0.4, -0.2) is 54.1 Å². The van der Waals surface area contributed by atoms with E-state index < -0.39 is 6.04 Å². The number of esters is 1. The van der Waals surface area contributed by atoms with E-state index in [4.69, 9.17) is 16.3 Å². The first kappa shape index (κ1) is 18.7. The highest BCUT2D eigenvalue weighted by atomic mass is 35.5. The van der Waals surface area contributed by atoms with Crippen LogP contribution in [0, 0.1) is 0 Å². The molecule has 3 aromatic rings. The molecule has 0 amide bonds. The SMILES string of the molecule is COC(=O)[C@@H](c1ccccc1Cl)N1CCN(c2ncnc3ccccc23)CC1. The number of benzene rings is 2. The van der Waals surface area contributed by atoms with Crippen molar-refractivity contribution < 1.29 is 9.53 Å². The molecule has 1 aromatic heterocycles. The van der Waals surface area contributed by atoms with Crippen LogP contribution in [0.2, 0.25) is 5.02 Å². The van der Waals surface area contributed by atoms with E-state index in [-0.39, 0.29) is 5.97 Å². The van der Waals surface area contributed by atoms with E-state index in [2.05, 4.69) is 19.8 Å². The number of hydrogen-bond acceptors (Lipinski definition) is 6. The molecule has 0 radical (unpaired) electrons. The van der Waals surface area contributed by atoms with Crippen molar-refractivity contribution in [2.75, 3.05) is 38.2 Å². The van der Waals surface area contributed by atoms with Crippen LogP contribution in [0.1, 0.15) is 11.6 Å². The van der Waals surface area contributed by atoms with Gasteiger partial charge in [-0.05, 0) is 23.8 Å². The third-order valence-corrected chi connectivity index (χ3v) is 5.47. The van der Waals surface area contributed by atoms with Gasteiger partial charge in [-0.1, -0.05) is 41.9 Å². The van der Waals surface area contributed by atoms with Gasteiger partial charge in [-0.25, -0.2) is 14.8 Å². The zero-order valence-electron chi connectivity index (χ0n) is 15.6. The maximum Gasteiger partial charge on any atom is 0.327 e. The average molecular weight is 397 g/mol. The van der Waals surface area contributed by atoms with Gasteiger partial charge in [0.1, 0.15) is 18.2 Å². The van der Waals surface area contributed by atoms with Crippen molar-refractivity contribution in [3.63, 3.8) is 0 Å². The third kappa shape index (κ3) is 3.53. The molecule has 1 aliphatic heterocycles. The van der Waals surface area contributed by atoms with Crippen molar-refractivity contribution in [1.82, 2.24) is 14.9 Å². The Morgan fingerprint density at radius 3 is 2.50 bits per heavy atom. The fourth-order valence-electron chi connectivity index (χ4n) is 3.72. The number of carbonyl (C=O) groups is 1. The summed E-state index contributed by atoms with van der Waals surface area (Å²) < 4.78 is 5.07. The molecule has 7 heteroatoms. The van der Waals surface area contributed by atoms with Gasteiger partial charge in [0.05, 0.1) is 12.6 Å². The van der Waals surface area contributed by atoms with Gasteiger partial charge in [-0.3, -0.25) is 4.90 Å². The Hall–Kier alpha value is -2.70. The van der Waals surface area contributed by atoms with E-state index in [1.807, 2.05) is 42.5 Å². The second-order valence-electron chi connectivity index (χ2n) is 6.68. The summed E-state index contributed by atoms with van der Waals surface area (Å²) in [5.74, 6) is 0.631. The molecule has 2 aromatic carbocycles. The Balaban J connectivity index is 1.57. The Morgan fingerprint density at radius 1 is 1.04 bits per heavy atom. The minimum absolute atomic E-state index is 0.297. The maximum absolute atomic E-state index is 12.5. The molecular weight excluding hydrogens is 376 g/mol. The molecular formula is C21H21ClN4O2. The van der Waals surface area contributed by atoms with Crippen molar-refractivity contribution in [2.45, 2.75) is 6.04 Å². The van der Waals surface area contributed by atoms with Crippen molar-refractivity contribution in [1.29, 1.82) is 0 Å². The Morgan fingerprint density at radius 2 is 1.75 bits per heavy atom. The van der Waals surface area contributed by atoms with E-state index in [0.717, 1.165) is 35.4 Å². The molecule has 0 aliphatic carbocycles. The van der Waals surface area contributed by atoms with Crippen LogP contribution in [0.4, 0.5) is 5.82 Å². The number of fused-ring (bicyclic) bond motifs is 1. The number of nitrogens with zero attached hydrogens (tertiary/aromatic N) is 4. The number of hydrogen-bond donors (Lipinski definition) is 0. The molecule has 1 fully saturated rings. The molecule has 4 rings (SSSR count). The largest absolute Gasteiger partial charge is 0.468 e. The fourth-order valence-corrected chi connectivity index (χ4v) is 3.95. The summed E-state index contributed by atoms with van der Waals surface area (Å²) in [6.07, 6.45) is 1.60. The lowest BCUT2D eigenvalue weighted by atomic mass is 10.0. The number of piperazine rings is 1. The van der Waals surface area contributed by atoms with Crippen LogP contribution in [0.3, 0.4) is 0 Å². The Labute approximate surface area is 168 Å². The number of carbonyl (C=O) groups excluding carboxylic acids is 1. The first-order valence-corrected chi connectivity index (χ1v) is 9.58. The molecule has 28 heavy (non-hydrogen) atoms. The van der Waals surface area contributed by atoms with Crippen molar-refractivity contribution in [3.8, 4) is 0 Å². The van der Waals surface area contributed by atoms with E-state index in [1.165, 1.54) is 7.11 Å². The first-order chi connectivity index (χ1) is 13.7. The summed E-state index contributed by atoms with van der Waals surface area (Å²) in [6.45, 7) is 2.89. The van der Waals surface area contributed by atoms with Crippen LogP contribution in [0.25, 0.3) is 10.9 Å². The lowest BCUT2D eigenvalue weighted by Crippen LogP contribution is -2.49. The van der Waals surface area contributed by atoms with Crippen LogP contribution in [0.5, 0.6) is 0 Å². The summed E-state index contributed by atoms with van der Waals surface area (Å²) in [5.41, 5.74) is 1.70. The third-order valence-electron chi connectivity index (χ3n) is 5.12. The lowest BCUT2D eigenvalue weighted by molar-refractivity contribution is -0.147. The normalized spacial score (nSPS) is 16.1. The number of rotatable bonds is 4. The highest BCUT2D eigenvalue weighted by Gasteiger charge is 2.33. The van der Waals surface area contributed by atoms with Crippen molar-refractivity contribution in [2.24, 2.45) is 0 Å². The summed E-state index contributed by atoms with van der Waals surface area (Å²) in [4.78, 5) is 25.7. The predicted octanol–water partition coefficient (Wildman–Crippen LogP) is 3.32. The molecule has 1 aliphatic rings. The van der Waals surface area contributed by atoms with Gasteiger partial charge in [0.2, 0.25) is 0 Å². The molecule has 0 bridgehead atoms. The molecule has 0 spiro atoms. The van der Waals surface area contributed by atoms with Crippen LogP contribution in [0.15, 0.2) is 54.9 Å². The minimum Gasteiger partial charge on any atom is -0.468 e. The number of anilines is 1. The first-order valence-electron chi connectivity index (χ1n) is 9.20. The van der Waals surface area contributed by atoms with Gasteiger partial charge < -0.3 is 9.64 Å². The molecule has 2 heterocycles. The number of methoxy groups -OCH3 is 1. The minimum atomic E-state index is -0.511. The number of ether oxygens (including phenoxy) is 1. The average Bonchev–Trinajstić information content (AvgIpc) is 2.75. The summed E-state index contributed by atoms with van der Waals surface area (Å²) in [5, 5.41) is 1.61. The van der Waals surface area contributed by atoms with Gasteiger partial charge >= 0.3 is 5.97 Å². The predicted molar refractivity (Wildman–Crippen MR) is 110 cm³/mol. The summed E-state index contributed by atoms with van der Waals surface area (Å²) >= 11 is 6.37. The van der Waals surface area contributed by atoms with E-state index >= 15 is 0 Å². The van der Waals surface area contributed by atoms with E-state index in [1.54, 1.807) is 12.4 Å². The fraction of sp³-hybridized carbons (Fsp3) is 0.286. The number of aromatic nitrogens is 2. The topological polar surface area (TPSA) is 58.6 Å². The van der Waals surface area contributed by atoms with Gasteiger partial charge in [-0.15, -0.1) is 0 Å². The standard InChI is InChI=1S/C21H21ClN4O2/c1-28-21(27)19(15-6-2-4-8-17(15)22)25-10-12-26(13-11-25)20-16-7-3-5-9-18(16)23-14-24-20/h2-9,14,19H,10-13H2,1H3/t19-/m1/s1. The van der Waals surface area contributed by atoms with Crippen LogP contribution >= 0.6 is 11.6 Å². The number of para-hydroxylation sites is 1. The van der Waals surface area contributed by atoms with Gasteiger partial charge in [0.25, 0.3) is 0 Å². The molecule has 0 N–H and O–H groups in total. The second-order valence-corrected chi connectivity index (χ2v) is 7.09. The molecule has 1 atom stereocenters. The van der Waals surface area contributed by atoms with Crippen molar-refractivity contribution in [3.05, 3.63) is 65.4 Å². The molecule has 144 valence electrons. The van der Waals surface area contributed by atoms with Crippen LogP contribution < -0.4 is 4.90 Å². The Bertz CT molecular complexity index is 984. The molecule has 0 saturated carbocycles. The van der Waals surface area contributed by atoms with Crippen LogP contribution in [-0.2, 0) is 9.53 Å². The summed E-state index contributed by atoms with van der Waals surface area (Å²) in [6, 6.07) is 14.9. The van der Waals surface area contributed by atoms with Gasteiger partial charge in [-0.2, -0.15) is 0 Å².